The number of benzene rings is 1. The van der Waals surface area contributed by atoms with E-state index < -0.39 is 0 Å². The third kappa shape index (κ3) is 1.93. The SMILES string of the molecule is Nc1cccc2c1C(=O)N(CCc1ccncc1)C2=O. The van der Waals surface area contributed by atoms with Crippen LogP contribution in [0.15, 0.2) is 42.7 Å². The zero-order chi connectivity index (χ0) is 14.1. The highest BCUT2D eigenvalue weighted by Gasteiger charge is 2.36. The molecule has 0 radical (unpaired) electrons. The van der Waals surface area contributed by atoms with Gasteiger partial charge in [0.2, 0.25) is 0 Å². The van der Waals surface area contributed by atoms with E-state index in [4.69, 9.17) is 5.73 Å². The number of carbonyl (C=O) groups excluding carboxylic acids is 2. The van der Waals surface area contributed by atoms with Crippen molar-refractivity contribution in [3.05, 3.63) is 59.4 Å². The number of hydrogen-bond donors (Lipinski definition) is 1. The standard InChI is InChI=1S/C15H13N3O2/c16-12-3-1-2-11-13(12)15(20)18(14(11)19)9-6-10-4-7-17-8-5-10/h1-5,7-8H,6,9,16H2. The monoisotopic (exact) mass is 267 g/mol. The van der Waals surface area contributed by atoms with Crippen LogP contribution in [0.3, 0.4) is 0 Å². The van der Waals surface area contributed by atoms with E-state index in [1.54, 1.807) is 30.6 Å². The maximum absolute atomic E-state index is 12.3. The Morgan fingerprint density at radius 2 is 1.80 bits per heavy atom. The van der Waals surface area contributed by atoms with Gasteiger partial charge in [0.05, 0.1) is 11.1 Å². The fraction of sp³-hybridized carbons (Fsp3) is 0.133. The minimum absolute atomic E-state index is 0.272. The summed E-state index contributed by atoms with van der Waals surface area (Å²) in [5.74, 6) is -0.580. The number of pyridine rings is 1. The van der Waals surface area contributed by atoms with Gasteiger partial charge in [-0.15, -0.1) is 0 Å². The molecule has 1 aromatic heterocycles. The maximum Gasteiger partial charge on any atom is 0.263 e. The molecule has 1 aromatic carbocycles. The third-order valence-corrected chi connectivity index (χ3v) is 3.40. The molecular formula is C15H13N3O2. The first kappa shape index (κ1) is 12.3. The lowest BCUT2D eigenvalue weighted by Gasteiger charge is -2.13. The quantitative estimate of drug-likeness (QED) is 0.675. The number of hydrogen-bond acceptors (Lipinski definition) is 4. The summed E-state index contributed by atoms with van der Waals surface area (Å²) in [5, 5.41) is 0. The number of nitrogens with two attached hydrogens (primary N) is 1. The first-order chi connectivity index (χ1) is 9.68. The lowest BCUT2D eigenvalue weighted by atomic mass is 10.1. The summed E-state index contributed by atoms with van der Waals surface area (Å²) in [6.45, 7) is 0.343. The average Bonchev–Trinajstić information content (AvgIpc) is 2.71. The summed E-state index contributed by atoms with van der Waals surface area (Å²) < 4.78 is 0. The molecule has 2 aromatic rings. The summed E-state index contributed by atoms with van der Waals surface area (Å²) in [4.78, 5) is 29.7. The van der Waals surface area contributed by atoms with E-state index in [2.05, 4.69) is 4.98 Å². The van der Waals surface area contributed by atoms with Crippen LogP contribution in [0.2, 0.25) is 0 Å². The highest BCUT2D eigenvalue weighted by molar-refractivity contribution is 6.23. The average molecular weight is 267 g/mol. The summed E-state index contributed by atoms with van der Waals surface area (Å²) in [7, 11) is 0. The first-order valence-corrected chi connectivity index (χ1v) is 6.32. The molecule has 0 unspecified atom stereocenters. The van der Waals surface area contributed by atoms with Gasteiger partial charge < -0.3 is 5.73 Å². The molecule has 0 saturated carbocycles. The number of carbonyl (C=O) groups is 2. The van der Waals surface area contributed by atoms with E-state index >= 15 is 0 Å². The minimum Gasteiger partial charge on any atom is -0.398 e. The predicted octanol–water partition coefficient (Wildman–Crippen LogP) is 1.50. The van der Waals surface area contributed by atoms with E-state index in [1.165, 1.54) is 4.90 Å². The van der Waals surface area contributed by atoms with Crippen LogP contribution < -0.4 is 5.73 Å². The Bertz CT molecular complexity index is 683. The van der Waals surface area contributed by atoms with Crippen molar-refractivity contribution in [1.82, 2.24) is 9.88 Å². The van der Waals surface area contributed by atoms with Gasteiger partial charge >= 0.3 is 0 Å². The van der Waals surface area contributed by atoms with Gasteiger partial charge in [-0.1, -0.05) is 6.07 Å². The zero-order valence-corrected chi connectivity index (χ0v) is 10.7. The minimum atomic E-state index is -0.308. The molecule has 5 nitrogen and oxygen atoms in total. The molecule has 100 valence electrons. The highest BCUT2D eigenvalue weighted by atomic mass is 16.2. The second-order valence-corrected chi connectivity index (χ2v) is 4.64. The van der Waals surface area contributed by atoms with Crippen LogP contribution in [0, 0.1) is 0 Å². The van der Waals surface area contributed by atoms with Crippen LogP contribution in [0.4, 0.5) is 5.69 Å². The molecule has 0 aliphatic carbocycles. The Hall–Kier alpha value is -2.69. The molecule has 0 spiro atoms. The number of imide groups is 1. The van der Waals surface area contributed by atoms with Crippen molar-refractivity contribution in [2.45, 2.75) is 6.42 Å². The van der Waals surface area contributed by atoms with Gasteiger partial charge in [0, 0.05) is 24.6 Å². The molecule has 1 aliphatic heterocycles. The number of nitrogens with zero attached hydrogens (tertiary/aromatic N) is 2. The number of fused-ring (bicyclic) bond motifs is 1. The van der Waals surface area contributed by atoms with Crippen LogP contribution >= 0.6 is 0 Å². The highest BCUT2D eigenvalue weighted by Crippen LogP contribution is 2.27. The summed E-state index contributed by atoms with van der Waals surface area (Å²) >= 11 is 0. The Labute approximate surface area is 116 Å². The van der Waals surface area contributed by atoms with E-state index in [1.807, 2.05) is 12.1 Å². The van der Waals surface area contributed by atoms with E-state index in [-0.39, 0.29) is 11.8 Å². The van der Waals surface area contributed by atoms with Gasteiger partial charge in [0.15, 0.2) is 0 Å². The predicted molar refractivity (Wildman–Crippen MR) is 74.2 cm³/mol. The third-order valence-electron chi connectivity index (χ3n) is 3.40. The fourth-order valence-electron chi connectivity index (χ4n) is 2.35. The summed E-state index contributed by atoms with van der Waals surface area (Å²) in [6, 6.07) is 8.69. The van der Waals surface area contributed by atoms with Crippen LogP contribution in [-0.2, 0) is 6.42 Å². The van der Waals surface area contributed by atoms with E-state index in [0.717, 1.165) is 5.56 Å². The Kier molecular flexibility index (Phi) is 2.95. The summed E-state index contributed by atoms with van der Waals surface area (Å²) in [5.41, 5.74) is 7.89. The lowest BCUT2D eigenvalue weighted by molar-refractivity contribution is 0.0656. The van der Waals surface area contributed by atoms with Crippen LogP contribution in [0.25, 0.3) is 0 Å². The second kappa shape index (κ2) is 4.77. The fourth-order valence-corrected chi connectivity index (χ4v) is 2.35. The topological polar surface area (TPSA) is 76.3 Å². The Morgan fingerprint density at radius 1 is 1.05 bits per heavy atom. The van der Waals surface area contributed by atoms with Gasteiger partial charge in [0.1, 0.15) is 0 Å². The van der Waals surface area contributed by atoms with Crippen LogP contribution in [-0.4, -0.2) is 28.2 Å². The molecule has 20 heavy (non-hydrogen) atoms. The molecule has 5 heteroatoms. The van der Waals surface area contributed by atoms with Crippen molar-refractivity contribution < 1.29 is 9.59 Å². The zero-order valence-electron chi connectivity index (χ0n) is 10.7. The van der Waals surface area contributed by atoms with Gasteiger partial charge in [-0.3, -0.25) is 19.5 Å². The van der Waals surface area contributed by atoms with Crippen molar-refractivity contribution in [3.63, 3.8) is 0 Å². The molecule has 0 saturated heterocycles. The van der Waals surface area contributed by atoms with Gasteiger partial charge in [-0.25, -0.2) is 0 Å². The van der Waals surface area contributed by atoms with Crippen molar-refractivity contribution >= 4 is 17.5 Å². The molecule has 2 amide bonds. The molecule has 0 bridgehead atoms. The van der Waals surface area contributed by atoms with Gasteiger partial charge in [-0.05, 0) is 36.2 Å². The van der Waals surface area contributed by atoms with Crippen molar-refractivity contribution in [2.24, 2.45) is 0 Å². The Balaban J connectivity index is 1.82. The molecule has 0 fully saturated rings. The molecule has 2 heterocycles. The van der Waals surface area contributed by atoms with E-state index in [0.29, 0.717) is 29.8 Å². The molecule has 1 aliphatic rings. The van der Waals surface area contributed by atoms with Crippen molar-refractivity contribution in [3.8, 4) is 0 Å². The molecule has 3 rings (SSSR count). The van der Waals surface area contributed by atoms with Crippen molar-refractivity contribution in [2.75, 3.05) is 12.3 Å². The molecule has 2 N–H and O–H groups in total. The van der Waals surface area contributed by atoms with Crippen LogP contribution in [0.1, 0.15) is 26.3 Å². The van der Waals surface area contributed by atoms with Crippen molar-refractivity contribution in [1.29, 1.82) is 0 Å². The van der Waals surface area contributed by atoms with E-state index in [9.17, 15) is 9.59 Å². The Morgan fingerprint density at radius 3 is 2.50 bits per heavy atom. The molecular weight excluding hydrogens is 254 g/mol. The number of amides is 2. The number of anilines is 1. The van der Waals surface area contributed by atoms with Crippen LogP contribution in [0.5, 0.6) is 0 Å². The normalized spacial score (nSPS) is 13.7. The number of aromatic nitrogens is 1. The largest absolute Gasteiger partial charge is 0.398 e. The maximum atomic E-state index is 12.3. The first-order valence-electron chi connectivity index (χ1n) is 6.32. The smallest absolute Gasteiger partial charge is 0.263 e. The van der Waals surface area contributed by atoms with Gasteiger partial charge in [-0.2, -0.15) is 0 Å². The number of rotatable bonds is 3. The second-order valence-electron chi connectivity index (χ2n) is 4.64. The summed E-state index contributed by atoms with van der Waals surface area (Å²) in [6.07, 6.45) is 3.99. The molecule has 0 atom stereocenters. The lowest BCUT2D eigenvalue weighted by Crippen LogP contribution is -2.31. The van der Waals surface area contributed by atoms with Gasteiger partial charge in [0.25, 0.3) is 11.8 Å². The number of nitrogen functional groups attached to an aromatic ring is 1.